The van der Waals surface area contributed by atoms with Crippen molar-refractivity contribution in [3.63, 3.8) is 0 Å². The van der Waals surface area contributed by atoms with Gasteiger partial charge in [0.1, 0.15) is 5.82 Å². The molecule has 0 fully saturated rings. The predicted molar refractivity (Wildman–Crippen MR) is 102 cm³/mol. The molecule has 0 aliphatic carbocycles. The number of halogens is 1. The molecule has 0 saturated heterocycles. The summed E-state index contributed by atoms with van der Waals surface area (Å²) < 4.78 is 14.7. The van der Waals surface area contributed by atoms with Crippen molar-refractivity contribution in [2.75, 3.05) is 5.32 Å². The van der Waals surface area contributed by atoms with Gasteiger partial charge in [0.2, 0.25) is 0 Å². The van der Waals surface area contributed by atoms with Gasteiger partial charge in [0.05, 0.1) is 12.6 Å². The van der Waals surface area contributed by atoms with Crippen molar-refractivity contribution >= 4 is 23.1 Å². The Kier molecular flexibility index (Phi) is 5.40. The molecule has 0 amide bonds. The molecular weight excluding hydrogens is 335 g/mol. The lowest BCUT2D eigenvalue weighted by molar-refractivity contribution is 0.624. The van der Waals surface area contributed by atoms with Gasteiger partial charge >= 0.3 is 0 Å². The van der Waals surface area contributed by atoms with Crippen LogP contribution in [0.1, 0.15) is 24.1 Å². The third-order valence-corrected chi connectivity index (χ3v) is 4.01. The van der Waals surface area contributed by atoms with Crippen LogP contribution in [0.15, 0.2) is 66.9 Å². The highest BCUT2D eigenvalue weighted by Gasteiger charge is 2.08. The van der Waals surface area contributed by atoms with Crippen LogP contribution in [0.4, 0.5) is 10.2 Å². The van der Waals surface area contributed by atoms with E-state index in [-0.39, 0.29) is 11.9 Å². The summed E-state index contributed by atoms with van der Waals surface area (Å²) in [5, 5.41) is 11.3. The zero-order valence-electron chi connectivity index (χ0n) is 13.8. The van der Waals surface area contributed by atoms with Crippen LogP contribution < -0.4 is 10.6 Å². The van der Waals surface area contributed by atoms with E-state index in [1.165, 1.54) is 12.1 Å². The van der Waals surface area contributed by atoms with E-state index in [1.54, 1.807) is 16.8 Å². The van der Waals surface area contributed by atoms with E-state index in [9.17, 15) is 4.39 Å². The van der Waals surface area contributed by atoms with E-state index in [1.807, 2.05) is 30.5 Å². The third-order valence-electron chi connectivity index (χ3n) is 3.79. The van der Waals surface area contributed by atoms with Gasteiger partial charge < -0.3 is 10.6 Å². The zero-order chi connectivity index (χ0) is 17.6. The standard InChI is InChI=1S/C19H19FN4S/c1-14(16-5-3-2-4-6-16)21-19(25)22-18-11-12-24(23-18)13-15-7-9-17(20)10-8-15/h2-12,14H,13H2,1H3,(H2,21,22,23,25). The second kappa shape index (κ2) is 7.90. The van der Waals surface area contributed by atoms with Crippen LogP contribution in [-0.2, 0) is 6.54 Å². The van der Waals surface area contributed by atoms with Crippen LogP contribution in [0.25, 0.3) is 0 Å². The second-order valence-electron chi connectivity index (χ2n) is 5.76. The fourth-order valence-electron chi connectivity index (χ4n) is 2.47. The molecule has 1 heterocycles. The highest BCUT2D eigenvalue weighted by Crippen LogP contribution is 2.12. The first kappa shape index (κ1) is 17.1. The van der Waals surface area contributed by atoms with Crippen molar-refractivity contribution in [1.82, 2.24) is 15.1 Å². The first-order chi connectivity index (χ1) is 12.1. The number of hydrogen-bond acceptors (Lipinski definition) is 2. The first-order valence-electron chi connectivity index (χ1n) is 8.00. The summed E-state index contributed by atoms with van der Waals surface area (Å²) in [6.07, 6.45) is 1.86. The smallest absolute Gasteiger partial charge is 0.172 e. The van der Waals surface area contributed by atoms with Gasteiger partial charge in [-0.1, -0.05) is 42.5 Å². The molecule has 128 valence electrons. The molecule has 0 radical (unpaired) electrons. The molecule has 3 aromatic rings. The summed E-state index contributed by atoms with van der Waals surface area (Å²) >= 11 is 5.35. The molecule has 6 heteroatoms. The highest BCUT2D eigenvalue weighted by molar-refractivity contribution is 7.80. The molecule has 0 aliphatic rings. The maximum atomic E-state index is 12.9. The van der Waals surface area contributed by atoms with Gasteiger partial charge in [0.25, 0.3) is 0 Å². The van der Waals surface area contributed by atoms with Gasteiger partial charge in [-0.25, -0.2) is 4.39 Å². The molecule has 1 aromatic heterocycles. The Morgan fingerprint density at radius 3 is 2.56 bits per heavy atom. The van der Waals surface area contributed by atoms with Crippen LogP contribution in [0.2, 0.25) is 0 Å². The van der Waals surface area contributed by atoms with E-state index in [0.717, 1.165) is 11.1 Å². The van der Waals surface area contributed by atoms with Crippen molar-refractivity contribution in [2.45, 2.75) is 19.5 Å². The van der Waals surface area contributed by atoms with Gasteiger partial charge in [-0.15, -0.1) is 0 Å². The molecule has 0 spiro atoms. The minimum Gasteiger partial charge on any atom is -0.356 e. The Bertz CT molecular complexity index is 830. The quantitative estimate of drug-likeness (QED) is 0.677. The fraction of sp³-hybridized carbons (Fsp3) is 0.158. The van der Waals surface area contributed by atoms with Crippen LogP contribution in [-0.4, -0.2) is 14.9 Å². The van der Waals surface area contributed by atoms with Crippen molar-refractivity contribution in [2.24, 2.45) is 0 Å². The molecule has 25 heavy (non-hydrogen) atoms. The molecular formula is C19H19FN4S. The largest absolute Gasteiger partial charge is 0.356 e. The molecule has 4 nitrogen and oxygen atoms in total. The summed E-state index contributed by atoms with van der Waals surface area (Å²) in [5.74, 6) is 0.426. The average molecular weight is 354 g/mol. The Balaban J connectivity index is 1.55. The lowest BCUT2D eigenvalue weighted by atomic mass is 10.1. The Morgan fingerprint density at radius 1 is 1.12 bits per heavy atom. The lowest BCUT2D eigenvalue weighted by Gasteiger charge is -2.16. The van der Waals surface area contributed by atoms with Crippen molar-refractivity contribution in [1.29, 1.82) is 0 Å². The number of thiocarbonyl (C=S) groups is 1. The minimum absolute atomic E-state index is 0.0995. The maximum absolute atomic E-state index is 12.9. The molecule has 1 unspecified atom stereocenters. The van der Waals surface area contributed by atoms with E-state index in [2.05, 4.69) is 34.8 Å². The SMILES string of the molecule is CC(NC(=S)Nc1ccn(Cc2ccc(F)cc2)n1)c1ccccc1. The number of anilines is 1. The molecule has 2 aromatic carbocycles. The molecule has 0 saturated carbocycles. The number of aromatic nitrogens is 2. The normalized spacial score (nSPS) is 11.8. The van der Waals surface area contributed by atoms with Crippen molar-refractivity contribution < 1.29 is 4.39 Å². The molecule has 1 atom stereocenters. The lowest BCUT2D eigenvalue weighted by Crippen LogP contribution is -2.31. The predicted octanol–water partition coefficient (Wildman–Crippen LogP) is 4.12. The first-order valence-corrected chi connectivity index (χ1v) is 8.41. The minimum atomic E-state index is -0.240. The number of rotatable bonds is 5. The Labute approximate surface area is 151 Å². The van der Waals surface area contributed by atoms with E-state index < -0.39 is 0 Å². The van der Waals surface area contributed by atoms with Crippen LogP contribution in [0.5, 0.6) is 0 Å². The topological polar surface area (TPSA) is 41.9 Å². The third kappa shape index (κ3) is 4.87. The summed E-state index contributed by atoms with van der Waals surface area (Å²) in [7, 11) is 0. The second-order valence-corrected chi connectivity index (χ2v) is 6.16. The molecule has 3 rings (SSSR count). The number of benzene rings is 2. The summed E-state index contributed by atoms with van der Waals surface area (Å²) in [4.78, 5) is 0. The van der Waals surface area contributed by atoms with Gasteiger partial charge in [-0.3, -0.25) is 4.68 Å². The van der Waals surface area contributed by atoms with Gasteiger partial charge in [0, 0.05) is 12.3 Å². The van der Waals surface area contributed by atoms with Gasteiger partial charge in [-0.2, -0.15) is 5.10 Å². The fourth-order valence-corrected chi connectivity index (χ4v) is 2.75. The van der Waals surface area contributed by atoms with E-state index in [0.29, 0.717) is 17.5 Å². The van der Waals surface area contributed by atoms with E-state index >= 15 is 0 Å². The van der Waals surface area contributed by atoms with Crippen LogP contribution in [0.3, 0.4) is 0 Å². The van der Waals surface area contributed by atoms with E-state index in [4.69, 9.17) is 12.2 Å². The molecule has 0 bridgehead atoms. The van der Waals surface area contributed by atoms with Crippen molar-refractivity contribution in [3.05, 3.63) is 83.8 Å². The average Bonchev–Trinajstić information content (AvgIpc) is 3.04. The molecule has 0 aliphatic heterocycles. The monoisotopic (exact) mass is 354 g/mol. The number of nitrogens with zero attached hydrogens (tertiary/aromatic N) is 2. The van der Waals surface area contributed by atoms with Crippen molar-refractivity contribution in [3.8, 4) is 0 Å². The van der Waals surface area contributed by atoms with Gasteiger partial charge in [0.15, 0.2) is 10.9 Å². The Morgan fingerprint density at radius 2 is 1.84 bits per heavy atom. The maximum Gasteiger partial charge on any atom is 0.172 e. The Hall–Kier alpha value is -2.73. The molecule has 2 N–H and O–H groups in total. The summed E-state index contributed by atoms with van der Waals surface area (Å²) in [6, 6.07) is 18.4. The van der Waals surface area contributed by atoms with Crippen LogP contribution in [0, 0.1) is 5.82 Å². The van der Waals surface area contributed by atoms with Gasteiger partial charge in [-0.05, 0) is 42.4 Å². The highest BCUT2D eigenvalue weighted by atomic mass is 32.1. The zero-order valence-corrected chi connectivity index (χ0v) is 14.6. The number of hydrogen-bond donors (Lipinski definition) is 2. The number of nitrogens with one attached hydrogen (secondary N) is 2. The summed E-state index contributed by atoms with van der Waals surface area (Å²) in [6.45, 7) is 2.62. The van der Waals surface area contributed by atoms with Crippen LogP contribution >= 0.6 is 12.2 Å². The summed E-state index contributed by atoms with van der Waals surface area (Å²) in [5.41, 5.74) is 2.14.